The second-order valence-corrected chi connectivity index (χ2v) is 10.6. The molecule has 4 rings (SSSR count). The molecule has 1 fully saturated rings. The highest BCUT2D eigenvalue weighted by Gasteiger charge is 2.54. The highest BCUT2D eigenvalue weighted by Crippen LogP contribution is 2.50. The van der Waals surface area contributed by atoms with Gasteiger partial charge in [-0.05, 0) is 34.5 Å². The van der Waals surface area contributed by atoms with E-state index in [1.807, 2.05) is 23.6 Å². The lowest BCUT2D eigenvalue weighted by atomic mass is 9.76. The second kappa shape index (κ2) is 8.91. The summed E-state index contributed by atoms with van der Waals surface area (Å²) in [6, 6.07) is 9.11. The number of ether oxygens (including phenoxy) is 1. The molecule has 6 nitrogen and oxygen atoms in total. The third kappa shape index (κ3) is 4.29. The van der Waals surface area contributed by atoms with Gasteiger partial charge in [0.15, 0.2) is 5.17 Å². The van der Waals surface area contributed by atoms with Crippen molar-refractivity contribution in [3.63, 3.8) is 0 Å². The number of aromatic nitrogens is 1. The number of aliphatic hydroxyl groups is 1. The smallest absolute Gasteiger partial charge is 0.257 e. The van der Waals surface area contributed by atoms with E-state index in [9.17, 15) is 9.90 Å². The number of alkyl halides is 1. The first-order valence-electron chi connectivity index (χ1n) is 9.02. The van der Waals surface area contributed by atoms with E-state index < -0.39 is 11.1 Å². The summed E-state index contributed by atoms with van der Waals surface area (Å²) in [5.41, 5.74) is -0.622. The number of fused-ring (bicyclic) bond motifs is 1. The van der Waals surface area contributed by atoms with E-state index >= 15 is 0 Å². The van der Waals surface area contributed by atoms with E-state index in [1.54, 1.807) is 12.1 Å². The molecule has 1 aromatic carbocycles. The molecule has 154 valence electrons. The third-order valence-electron chi connectivity index (χ3n) is 5.25. The van der Waals surface area contributed by atoms with Crippen LogP contribution in [0.3, 0.4) is 0 Å². The Morgan fingerprint density at radius 2 is 2.21 bits per heavy atom. The van der Waals surface area contributed by atoms with Gasteiger partial charge in [-0.1, -0.05) is 52.6 Å². The van der Waals surface area contributed by atoms with Crippen LogP contribution in [0.5, 0.6) is 0 Å². The van der Waals surface area contributed by atoms with Crippen molar-refractivity contribution >= 4 is 72.7 Å². The van der Waals surface area contributed by atoms with Crippen LogP contribution in [-0.4, -0.2) is 50.2 Å². The fourth-order valence-corrected chi connectivity index (χ4v) is 6.96. The Kier molecular flexibility index (Phi) is 6.67. The first-order chi connectivity index (χ1) is 14.0. The number of aliphatic imine (C=N–C) groups is 1. The molecule has 2 aliphatic heterocycles. The zero-order valence-corrected chi connectivity index (χ0v) is 20.7. The first kappa shape index (κ1) is 21.7. The van der Waals surface area contributed by atoms with Crippen LogP contribution in [0.4, 0.5) is 0 Å². The van der Waals surface area contributed by atoms with Gasteiger partial charge in [0, 0.05) is 27.0 Å². The van der Waals surface area contributed by atoms with E-state index in [-0.39, 0.29) is 18.4 Å². The number of aliphatic hydroxyl groups excluding tert-OH is 1. The van der Waals surface area contributed by atoms with Crippen molar-refractivity contribution in [1.82, 2.24) is 10.3 Å². The number of rotatable bonds is 4. The lowest BCUT2D eigenvalue weighted by molar-refractivity contribution is -0.136. The predicted molar refractivity (Wildman–Crippen MR) is 128 cm³/mol. The number of nitrogens with zero attached hydrogens (tertiary/aromatic N) is 2. The van der Waals surface area contributed by atoms with Crippen molar-refractivity contribution < 1.29 is 14.6 Å². The number of carbonyl (C=O) groups is 1. The fourth-order valence-electron chi connectivity index (χ4n) is 3.58. The van der Waals surface area contributed by atoms with Gasteiger partial charge in [0.2, 0.25) is 0 Å². The van der Waals surface area contributed by atoms with Crippen molar-refractivity contribution in [1.29, 1.82) is 0 Å². The molecule has 1 amide bonds. The number of amidine groups is 1. The number of carbonyl (C=O) groups excluding carboxylic acids is 1. The maximum absolute atomic E-state index is 12.6. The van der Waals surface area contributed by atoms with Gasteiger partial charge in [-0.2, -0.15) is 0 Å². The average Bonchev–Trinajstić information content (AvgIpc) is 3.21. The maximum atomic E-state index is 12.6. The second-order valence-electron chi connectivity index (χ2n) is 7.11. The van der Waals surface area contributed by atoms with Crippen LogP contribution < -0.4 is 5.32 Å². The maximum Gasteiger partial charge on any atom is 0.257 e. The minimum atomic E-state index is -0.661. The molecule has 0 spiro atoms. The highest BCUT2D eigenvalue weighted by atomic mass is 127. The number of thiazole rings is 1. The van der Waals surface area contributed by atoms with Gasteiger partial charge in [-0.3, -0.25) is 4.79 Å². The topological polar surface area (TPSA) is 83.8 Å². The summed E-state index contributed by atoms with van der Waals surface area (Å²) >= 11 is 8.78. The summed E-state index contributed by atoms with van der Waals surface area (Å²) in [5, 5.41) is 16.3. The summed E-state index contributed by atoms with van der Waals surface area (Å²) < 4.78 is 7.68. The molecule has 3 atom stereocenters. The number of hydrogen-bond acceptors (Lipinski definition) is 7. The molecule has 0 saturated carbocycles. The Labute approximate surface area is 199 Å². The molecule has 1 saturated heterocycles. The zero-order valence-electron chi connectivity index (χ0n) is 15.3. The van der Waals surface area contributed by atoms with Gasteiger partial charge in [0.1, 0.15) is 20.8 Å². The van der Waals surface area contributed by atoms with E-state index in [0.29, 0.717) is 28.2 Å². The first-order valence-corrected chi connectivity index (χ1v) is 13.2. The molecule has 2 N–H and O–H groups in total. The summed E-state index contributed by atoms with van der Waals surface area (Å²) in [5.74, 6) is 0.741. The molecule has 0 unspecified atom stereocenters. The number of amides is 1. The molecule has 3 heterocycles. The third-order valence-corrected chi connectivity index (χ3v) is 9.39. The van der Waals surface area contributed by atoms with Crippen molar-refractivity contribution in [2.75, 3.05) is 23.4 Å². The van der Waals surface area contributed by atoms with Gasteiger partial charge in [-0.25, -0.2) is 9.98 Å². The molecular weight excluding hydrogens is 589 g/mol. The van der Waals surface area contributed by atoms with Crippen LogP contribution in [0.15, 0.2) is 45.3 Å². The van der Waals surface area contributed by atoms with Crippen LogP contribution in [0.1, 0.15) is 21.8 Å². The summed E-state index contributed by atoms with van der Waals surface area (Å²) in [6.07, 6.45) is 0.694. The highest BCUT2D eigenvalue weighted by molar-refractivity contribution is 14.1. The number of thioether (sulfide) groups is 1. The number of hydrogen-bond donors (Lipinski definition) is 2. The van der Waals surface area contributed by atoms with Crippen LogP contribution in [0.2, 0.25) is 0 Å². The van der Waals surface area contributed by atoms with E-state index in [0.717, 1.165) is 15.4 Å². The van der Waals surface area contributed by atoms with Crippen LogP contribution >= 0.6 is 61.6 Å². The standard InChI is InChI=1S/C19H19BrIN3O3S2/c20-14-8-28-16(22-14)19-11-27-18(9-21,10-25)6-13(19)7-29-17(24-19)23-15(26)12-4-2-1-3-5-12/h1-5,8,13,25H,6-7,9-11H2,(H,23,24,26)/t13-,18-,19-/m0/s1. The minimum Gasteiger partial charge on any atom is -0.393 e. The largest absolute Gasteiger partial charge is 0.393 e. The molecular formula is C19H19BrIN3O3S2. The number of halogens is 2. The van der Waals surface area contributed by atoms with Crippen molar-refractivity contribution in [3.05, 3.63) is 50.9 Å². The molecule has 10 heteroatoms. The molecule has 0 aliphatic carbocycles. The van der Waals surface area contributed by atoms with Crippen LogP contribution in [0, 0.1) is 5.92 Å². The van der Waals surface area contributed by atoms with Gasteiger partial charge in [0.05, 0.1) is 13.2 Å². The van der Waals surface area contributed by atoms with Gasteiger partial charge < -0.3 is 15.2 Å². The van der Waals surface area contributed by atoms with Crippen LogP contribution in [0.25, 0.3) is 0 Å². The molecule has 2 aliphatic rings. The van der Waals surface area contributed by atoms with Gasteiger partial charge >= 0.3 is 0 Å². The van der Waals surface area contributed by atoms with Gasteiger partial charge in [-0.15, -0.1) is 11.3 Å². The normalized spacial score (nSPS) is 29.1. The Bertz CT molecular complexity index is 922. The van der Waals surface area contributed by atoms with Crippen molar-refractivity contribution in [3.8, 4) is 0 Å². The SMILES string of the molecule is O=C(NC1=N[C@@]2(c3nc(Br)cs3)CO[C@](CO)(CI)C[C@H]2CS1)c1ccccc1. The lowest BCUT2D eigenvalue weighted by Gasteiger charge is -2.49. The van der Waals surface area contributed by atoms with Crippen LogP contribution in [-0.2, 0) is 10.3 Å². The minimum absolute atomic E-state index is 0.0178. The molecule has 1 aromatic heterocycles. The summed E-state index contributed by atoms with van der Waals surface area (Å²) in [4.78, 5) is 22.2. The fraction of sp³-hybridized carbons (Fsp3) is 0.421. The average molecular weight is 608 g/mol. The van der Waals surface area contributed by atoms with Gasteiger partial charge in [0.25, 0.3) is 5.91 Å². The molecule has 0 bridgehead atoms. The van der Waals surface area contributed by atoms with Crippen molar-refractivity contribution in [2.24, 2.45) is 10.9 Å². The Balaban J connectivity index is 1.67. The van der Waals surface area contributed by atoms with E-state index in [1.165, 1.54) is 23.1 Å². The molecule has 0 radical (unpaired) electrons. The van der Waals surface area contributed by atoms with E-state index in [4.69, 9.17) is 9.73 Å². The predicted octanol–water partition coefficient (Wildman–Crippen LogP) is 3.84. The number of nitrogens with one attached hydrogen (secondary N) is 1. The van der Waals surface area contributed by atoms with Crippen molar-refractivity contribution in [2.45, 2.75) is 17.6 Å². The molecule has 2 aromatic rings. The summed E-state index contributed by atoms with van der Waals surface area (Å²) in [6.45, 7) is 0.308. The van der Waals surface area contributed by atoms with E-state index in [2.05, 4.69) is 48.8 Å². The lowest BCUT2D eigenvalue weighted by Crippen LogP contribution is -2.57. The monoisotopic (exact) mass is 607 g/mol. The summed E-state index contributed by atoms with van der Waals surface area (Å²) in [7, 11) is 0. The Hall–Kier alpha value is -0.530. The Morgan fingerprint density at radius 3 is 2.86 bits per heavy atom. The molecule has 29 heavy (non-hydrogen) atoms. The number of benzene rings is 1. The Morgan fingerprint density at radius 1 is 1.41 bits per heavy atom. The quantitative estimate of drug-likeness (QED) is 0.408. The zero-order chi connectivity index (χ0) is 20.5.